The van der Waals surface area contributed by atoms with E-state index in [1.165, 1.54) is 18.1 Å². The highest BCUT2D eigenvalue weighted by Crippen LogP contribution is 2.24. The van der Waals surface area contributed by atoms with Crippen LogP contribution in [-0.4, -0.2) is 54.6 Å². The summed E-state index contributed by atoms with van der Waals surface area (Å²) >= 11 is 1.41. The molecule has 0 saturated carbocycles. The first kappa shape index (κ1) is 17.9. The lowest BCUT2D eigenvalue weighted by molar-refractivity contribution is -0.129. The van der Waals surface area contributed by atoms with E-state index in [9.17, 15) is 4.79 Å². The highest BCUT2D eigenvalue weighted by molar-refractivity contribution is 8.00. The topological polar surface area (TPSA) is 76.8 Å². The first-order chi connectivity index (χ1) is 13.2. The second kappa shape index (κ2) is 8.04. The van der Waals surface area contributed by atoms with E-state index in [4.69, 9.17) is 0 Å². The maximum Gasteiger partial charge on any atom is 0.232 e. The molecule has 1 aliphatic heterocycles. The van der Waals surface area contributed by atoms with E-state index in [1.807, 2.05) is 35.2 Å². The van der Waals surface area contributed by atoms with Crippen LogP contribution in [0.4, 0.5) is 0 Å². The molecule has 1 saturated heterocycles. The lowest BCUT2D eigenvalue weighted by Gasteiger charge is -2.30. The number of likely N-dealkylation sites (tertiary alicyclic amines) is 1. The first-order valence-electron chi connectivity index (χ1n) is 9.19. The molecule has 2 aromatic heterocycles. The summed E-state index contributed by atoms with van der Waals surface area (Å²) in [6.45, 7) is 4.55. The number of thioether (sulfide) groups is 1. The zero-order valence-electron chi connectivity index (χ0n) is 15.3. The number of carbonyl (C=O) groups excluding carboxylic acids is 1. The predicted molar refractivity (Wildman–Crippen MR) is 104 cm³/mol. The van der Waals surface area contributed by atoms with Crippen molar-refractivity contribution < 1.29 is 4.79 Å². The summed E-state index contributed by atoms with van der Waals surface area (Å²) in [7, 11) is 0. The summed E-state index contributed by atoms with van der Waals surface area (Å²) in [5.74, 6) is 1.24. The number of hydrogen-bond donors (Lipinski definition) is 0. The number of rotatable bonds is 5. The van der Waals surface area contributed by atoms with Crippen molar-refractivity contribution in [2.45, 2.75) is 31.3 Å². The van der Waals surface area contributed by atoms with Crippen LogP contribution in [0.1, 0.15) is 25.3 Å². The van der Waals surface area contributed by atoms with Gasteiger partial charge in [0.1, 0.15) is 11.4 Å². The minimum Gasteiger partial charge on any atom is -0.342 e. The number of fused-ring (bicyclic) bond motifs is 1. The van der Waals surface area contributed by atoms with E-state index < -0.39 is 0 Å². The molecule has 0 aliphatic carbocycles. The summed E-state index contributed by atoms with van der Waals surface area (Å²) in [6, 6.07) is 10.1. The van der Waals surface area contributed by atoms with Crippen molar-refractivity contribution in [3.05, 3.63) is 42.2 Å². The Balaban J connectivity index is 1.46. The Bertz CT molecular complexity index is 920. The number of amides is 1. The Hall–Kier alpha value is -2.48. The fourth-order valence-corrected chi connectivity index (χ4v) is 4.05. The molecule has 0 N–H and O–H groups in total. The Morgan fingerprint density at radius 1 is 1.19 bits per heavy atom. The predicted octanol–water partition coefficient (Wildman–Crippen LogP) is 2.62. The molecule has 4 rings (SSSR count). The van der Waals surface area contributed by atoms with E-state index in [-0.39, 0.29) is 5.91 Å². The zero-order valence-corrected chi connectivity index (χ0v) is 16.1. The average Bonchev–Trinajstić information content (AvgIpc) is 3.11. The molecule has 3 heterocycles. The number of aromatic nitrogens is 5. The van der Waals surface area contributed by atoms with Gasteiger partial charge in [0, 0.05) is 13.1 Å². The van der Waals surface area contributed by atoms with Crippen LogP contribution >= 0.6 is 11.8 Å². The van der Waals surface area contributed by atoms with Crippen LogP contribution in [0.3, 0.4) is 0 Å². The van der Waals surface area contributed by atoms with Crippen molar-refractivity contribution in [2.24, 2.45) is 5.92 Å². The lowest BCUT2D eigenvalue weighted by atomic mass is 9.99. The molecule has 7 nitrogen and oxygen atoms in total. The number of piperidine rings is 1. The summed E-state index contributed by atoms with van der Waals surface area (Å²) in [4.78, 5) is 23.1. The van der Waals surface area contributed by atoms with Gasteiger partial charge < -0.3 is 4.90 Å². The third kappa shape index (κ3) is 4.10. The largest absolute Gasteiger partial charge is 0.342 e. The number of hydrogen-bond acceptors (Lipinski definition) is 6. The van der Waals surface area contributed by atoms with Crippen molar-refractivity contribution in [1.29, 1.82) is 0 Å². The minimum absolute atomic E-state index is 0.162. The summed E-state index contributed by atoms with van der Waals surface area (Å²) in [5.41, 5.74) is 2.47. The Labute approximate surface area is 162 Å². The number of nitrogens with zero attached hydrogens (tertiary/aromatic N) is 6. The summed E-state index contributed by atoms with van der Waals surface area (Å²) < 4.78 is 1.77. The standard InChI is InChI=1S/C19H22N6OS/c1-14-7-9-24(10-8-14)16(26)12-27-19-17-18(20-13-21-19)25(23-22-17)11-15-5-3-2-4-6-15/h2-6,13-14H,7-12H2,1H3. The molecule has 1 aliphatic rings. The molecule has 0 bridgehead atoms. The van der Waals surface area contributed by atoms with Crippen LogP contribution in [-0.2, 0) is 11.3 Å². The monoisotopic (exact) mass is 382 g/mol. The van der Waals surface area contributed by atoms with E-state index in [1.54, 1.807) is 4.68 Å². The third-order valence-electron chi connectivity index (χ3n) is 4.91. The average molecular weight is 382 g/mol. The van der Waals surface area contributed by atoms with E-state index >= 15 is 0 Å². The second-order valence-corrected chi connectivity index (χ2v) is 7.90. The minimum atomic E-state index is 0.162. The van der Waals surface area contributed by atoms with Gasteiger partial charge in [-0.2, -0.15) is 0 Å². The van der Waals surface area contributed by atoms with Gasteiger partial charge >= 0.3 is 0 Å². The molecule has 0 unspecified atom stereocenters. The molecular weight excluding hydrogens is 360 g/mol. The number of carbonyl (C=O) groups is 1. The Kier molecular flexibility index (Phi) is 5.33. The molecule has 1 fully saturated rings. The lowest BCUT2D eigenvalue weighted by Crippen LogP contribution is -2.38. The Morgan fingerprint density at radius 3 is 2.74 bits per heavy atom. The normalized spacial score (nSPS) is 15.4. The fourth-order valence-electron chi connectivity index (χ4n) is 3.22. The highest BCUT2D eigenvalue weighted by atomic mass is 32.2. The SMILES string of the molecule is CC1CCN(C(=O)CSc2ncnc3c2nnn3Cc2ccccc2)CC1. The van der Waals surface area contributed by atoms with Crippen LogP contribution in [0, 0.1) is 5.92 Å². The molecular formula is C19H22N6OS. The number of benzene rings is 1. The Morgan fingerprint density at radius 2 is 1.96 bits per heavy atom. The first-order valence-corrected chi connectivity index (χ1v) is 10.2. The molecule has 27 heavy (non-hydrogen) atoms. The van der Waals surface area contributed by atoms with Crippen LogP contribution in [0.5, 0.6) is 0 Å². The highest BCUT2D eigenvalue weighted by Gasteiger charge is 2.21. The zero-order chi connectivity index (χ0) is 18.6. The second-order valence-electron chi connectivity index (χ2n) is 6.94. The molecule has 140 valence electrons. The van der Waals surface area contributed by atoms with Gasteiger partial charge in [-0.1, -0.05) is 54.2 Å². The van der Waals surface area contributed by atoms with Gasteiger partial charge in [-0.15, -0.1) is 5.10 Å². The van der Waals surface area contributed by atoms with Gasteiger partial charge in [0.15, 0.2) is 11.2 Å². The fraction of sp³-hybridized carbons (Fsp3) is 0.421. The summed E-state index contributed by atoms with van der Waals surface area (Å²) in [5, 5.41) is 9.20. The molecule has 8 heteroatoms. The third-order valence-corrected chi connectivity index (χ3v) is 5.87. The van der Waals surface area contributed by atoms with Gasteiger partial charge in [-0.05, 0) is 24.3 Å². The quantitative estimate of drug-likeness (QED) is 0.499. The molecule has 0 spiro atoms. The van der Waals surface area contributed by atoms with Gasteiger partial charge in [0.25, 0.3) is 0 Å². The van der Waals surface area contributed by atoms with Crippen LogP contribution in [0.25, 0.3) is 11.2 Å². The van der Waals surface area contributed by atoms with Crippen LogP contribution in [0.2, 0.25) is 0 Å². The van der Waals surface area contributed by atoms with Crippen LogP contribution in [0.15, 0.2) is 41.7 Å². The van der Waals surface area contributed by atoms with Crippen molar-refractivity contribution >= 4 is 28.8 Å². The van der Waals surface area contributed by atoms with E-state index in [2.05, 4.69) is 27.2 Å². The summed E-state index contributed by atoms with van der Waals surface area (Å²) in [6.07, 6.45) is 3.69. The van der Waals surface area contributed by atoms with Crippen molar-refractivity contribution in [3.63, 3.8) is 0 Å². The molecule has 1 aromatic carbocycles. The smallest absolute Gasteiger partial charge is 0.232 e. The maximum absolute atomic E-state index is 12.5. The van der Waals surface area contributed by atoms with Gasteiger partial charge in [-0.3, -0.25) is 4.79 Å². The molecule has 0 radical (unpaired) electrons. The van der Waals surface area contributed by atoms with Crippen molar-refractivity contribution in [2.75, 3.05) is 18.8 Å². The van der Waals surface area contributed by atoms with Gasteiger partial charge in [0.05, 0.1) is 12.3 Å². The molecule has 0 atom stereocenters. The van der Waals surface area contributed by atoms with Crippen molar-refractivity contribution in [1.82, 2.24) is 29.9 Å². The molecule has 3 aromatic rings. The van der Waals surface area contributed by atoms with Gasteiger partial charge in [-0.25, -0.2) is 14.6 Å². The van der Waals surface area contributed by atoms with E-state index in [0.29, 0.717) is 34.4 Å². The van der Waals surface area contributed by atoms with E-state index in [0.717, 1.165) is 31.5 Å². The van der Waals surface area contributed by atoms with Crippen LogP contribution < -0.4 is 0 Å². The maximum atomic E-state index is 12.5. The molecule has 1 amide bonds. The van der Waals surface area contributed by atoms with Gasteiger partial charge in [0.2, 0.25) is 5.91 Å². The van der Waals surface area contributed by atoms with Crippen molar-refractivity contribution in [3.8, 4) is 0 Å².